The lowest BCUT2D eigenvalue weighted by molar-refractivity contribution is -0.116. The molecule has 0 bridgehead atoms. The number of carbonyl (C=O) groups is 1. The number of halogens is 2. The predicted octanol–water partition coefficient (Wildman–Crippen LogP) is 3.67. The van der Waals surface area contributed by atoms with Gasteiger partial charge in [0.1, 0.15) is 5.82 Å². The highest BCUT2D eigenvalue weighted by molar-refractivity contribution is 7.99. The van der Waals surface area contributed by atoms with Crippen molar-refractivity contribution < 1.29 is 4.79 Å². The zero-order valence-corrected chi connectivity index (χ0v) is 15.4. The third-order valence-electron chi connectivity index (χ3n) is 3.93. The number of hydrogen-bond donors (Lipinski definition) is 1. The quantitative estimate of drug-likeness (QED) is 0.648. The van der Waals surface area contributed by atoms with E-state index in [2.05, 4.69) is 10.3 Å². The number of fused-ring (bicyclic) bond motifs is 1. The van der Waals surface area contributed by atoms with Crippen LogP contribution in [0.1, 0.15) is 30.4 Å². The van der Waals surface area contributed by atoms with Gasteiger partial charge in [-0.25, -0.2) is 0 Å². The molecule has 0 saturated heterocycles. The first-order chi connectivity index (χ1) is 11.4. The van der Waals surface area contributed by atoms with E-state index in [4.69, 9.17) is 23.2 Å². The van der Waals surface area contributed by atoms with Gasteiger partial charge in [-0.2, -0.15) is 4.98 Å². The Morgan fingerprint density at radius 3 is 2.83 bits per heavy atom. The highest BCUT2D eigenvalue weighted by Gasteiger charge is 2.33. The molecule has 0 unspecified atom stereocenters. The van der Waals surface area contributed by atoms with Gasteiger partial charge in [-0.05, 0) is 17.4 Å². The van der Waals surface area contributed by atoms with Crippen molar-refractivity contribution in [3.05, 3.63) is 49.7 Å². The lowest BCUT2D eigenvalue weighted by Gasteiger charge is -2.28. The molecule has 8 heteroatoms. The van der Waals surface area contributed by atoms with Crippen molar-refractivity contribution in [2.75, 3.05) is 11.1 Å². The maximum Gasteiger partial charge on any atom is 0.279 e. The predicted molar refractivity (Wildman–Crippen MR) is 97.4 cm³/mol. The van der Waals surface area contributed by atoms with Crippen LogP contribution < -0.4 is 10.9 Å². The number of thioether (sulfide) groups is 1. The zero-order chi connectivity index (χ0) is 17.4. The van der Waals surface area contributed by atoms with Crippen molar-refractivity contribution in [1.82, 2.24) is 9.55 Å². The molecule has 1 aromatic heterocycles. The van der Waals surface area contributed by atoms with Crippen LogP contribution in [0.15, 0.2) is 28.2 Å². The SMILES string of the molecule is CCSc1nc(=O)c2c(n1C)NC(=O)C[C@@H]2c1cccc(Cl)c1Cl. The Labute approximate surface area is 153 Å². The molecule has 126 valence electrons. The smallest absolute Gasteiger partial charge is 0.279 e. The summed E-state index contributed by atoms with van der Waals surface area (Å²) in [7, 11) is 1.78. The molecule has 0 radical (unpaired) electrons. The molecule has 24 heavy (non-hydrogen) atoms. The normalized spacial score (nSPS) is 16.7. The number of anilines is 1. The van der Waals surface area contributed by atoms with Crippen molar-refractivity contribution in [3.63, 3.8) is 0 Å². The molecular weight excluding hydrogens is 369 g/mol. The van der Waals surface area contributed by atoms with E-state index in [0.29, 0.717) is 32.1 Å². The molecule has 1 atom stereocenters. The molecule has 2 aromatic rings. The van der Waals surface area contributed by atoms with Crippen molar-refractivity contribution >= 4 is 46.7 Å². The molecule has 0 fully saturated rings. The maximum absolute atomic E-state index is 12.6. The fraction of sp³-hybridized carbons (Fsp3) is 0.312. The third-order valence-corrected chi connectivity index (χ3v) is 5.68. The van der Waals surface area contributed by atoms with Crippen LogP contribution in [0.2, 0.25) is 10.0 Å². The van der Waals surface area contributed by atoms with Crippen LogP contribution in [0.3, 0.4) is 0 Å². The molecule has 0 saturated carbocycles. The van der Waals surface area contributed by atoms with Gasteiger partial charge < -0.3 is 9.88 Å². The standard InChI is InChI=1S/C16H15Cl2N3O2S/c1-3-24-16-20-15(23)12-9(7-11(22)19-14(12)21(16)2)8-5-4-6-10(17)13(8)18/h4-6,9H,3,7H2,1-2H3,(H,19,22)/t9-/m1/s1. The van der Waals surface area contributed by atoms with E-state index in [-0.39, 0.29) is 17.9 Å². The monoisotopic (exact) mass is 383 g/mol. The molecule has 2 heterocycles. The number of hydrogen-bond acceptors (Lipinski definition) is 4. The fourth-order valence-corrected chi connectivity index (χ4v) is 3.98. The Morgan fingerprint density at radius 1 is 1.38 bits per heavy atom. The Morgan fingerprint density at radius 2 is 2.12 bits per heavy atom. The van der Waals surface area contributed by atoms with Gasteiger partial charge in [0.25, 0.3) is 5.56 Å². The zero-order valence-electron chi connectivity index (χ0n) is 13.1. The summed E-state index contributed by atoms with van der Waals surface area (Å²) in [5.74, 6) is 0.614. The van der Waals surface area contributed by atoms with Crippen molar-refractivity contribution in [3.8, 4) is 0 Å². The topological polar surface area (TPSA) is 64.0 Å². The van der Waals surface area contributed by atoms with Gasteiger partial charge in [-0.1, -0.05) is 54.0 Å². The van der Waals surface area contributed by atoms with E-state index >= 15 is 0 Å². The van der Waals surface area contributed by atoms with Gasteiger partial charge in [-0.3, -0.25) is 9.59 Å². The second kappa shape index (κ2) is 6.78. The molecule has 1 amide bonds. The van der Waals surface area contributed by atoms with Crippen LogP contribution in [0, 0.1) is 0 Å². The summed E-state index contributed by atoms with van der Waals surface area (Å²) in [6, 6.07) is 5.22. The number of nitrogens with one attached hydrogen (secondary N) is 1. The molecule has 0 aliphatic carbocycles. The number of nitrogens with zero attached hydrogens (tertiary/aromatic N) is 2. The average Bonchev–Trinajstić information content (AvgIpc) is 2.54. The van der Waals surface area contributed by atoms with Crippen LogP contribution in [-0.2, 0) is 11.8 Å². The van der Waals surface area contributed by atoms with E-state index in [1.807, 2.05) is 6.92 Å². The minimum absolute atomic E-state index is 0.129. The summed E-state index contributed by atoms with van der Waals surface area (Å²) in [6.07, 6.45) is 0.129. The van der Waals surface area contributed by atoms with Crippen LogP contribution in [0.25, 0.3) is 0 Å². The highest BCUT2D eigenvalue weighted by Crippen LogP contribution is 2.40. The molecule has 1 aromatic carbocycles. The first-order valence-corrected chi connectivity index (χ1v) is 9.15. The molecule has 3 rings (SSSR count). The van der Waals surface area contributed by atoms with Crippen molar-refractivity contribution in [2.45, 2.75) is 24.4 Å². The van der Waals surface area contributed by atoms with Gasteiger partial charge in [0.2, 0.25) is 5.91 Å². The summed E-state index contributed by atoms with van der Waals surface area (Å²) < 4.78 is 1.74. The second-order valence-corrected chi connectivity index (χ2v) is 7.42. The minimum Gasteiger partial charge on any atom is -0.312 e. The molecular formula is C16H15Cl2N3O2S. The van der Waals surface area contributed by atoms with Crippen molar-refractivity contribution in [1.29, 1.82) is 0 Å². The number of aromatic nitrogens is 2. The lowest BCUT2D eigenvalue weighted by Crippen LogP contribution is -2.33. The summed E-state index contributed by atoms with van der Waals surface area (Å²) in [5.41, 5.74) is 0.761. The van der Waals surface area contributed by atoms with Crippen LogP contribution in [0.4, 0.5) is 5.82 Å². The lowest BCUT2D eigenvalue weighted by atomic mass is 9.86. The van der Waals surface area contributed by atoms with Crippen LogP contribution in [0.5, 0.6) is 0 Å². The first kappa shape index (κ1) is 17.3. The second-order valence-electron chi connectivity index (χ2n) is 5.40. The first-order valence-electron chi connectivity index (χ1n) is 7.41. The van der Waals surface area contributed by atoms with Crippen molar-refractivity contribution in [2.24, 2.45) is 7.05 Å². The molecule has 5 nitrogen and oxygen atoms in total. The summed E-state index contributed by atoms with van der Waals surface area (Å²) >= 11 is 13.9. The van der Waals surface area contributed by atoms with E-state index in [0.717, 1.165) is 5.75 Å². The van der Waals surface area contributed by atoms with Gasteiger partial charge in [0.15, 0.2) is 5.16 Å². The maximum atomic E-state index is 12.6. The van der Waals surface area contributed by atoms with E-state index in [9.17, 15) is 9.59 Å². The number of carbonyl (C=O) groups excluding carboxylic acids is 1. The number of rotatable bonds is 3. The number of amides is 1. The van der Waals surface area contributed by atoms with E-state index < -0.39 is 5.92 Å². The Hall–Kier alpha value is -1.50. The average molecular weight is 384 g/mol. The Kier molecular flexibility index (Phi) is 4.90. The van der Waals surface area contributed by atoms with Gasteiger partial charge in [0.05, 0.1) is 15.6 Å². The molecule has 0 spiro atoms. The largest absolute Gasteiger partial charge is 0.312 e. The van der Waals surface area contributed by atoms with Gasteiger partial charge in [-0.15, -0.1) is 0 Å². The molecule has 1 aliphatic rings. The fourth-order valence-electron chi connectivity index (χ4n) is 2.85. The molecule has 1 N–H and O–H groups in total. The Bertz CT molecular complexity index is 882. The van der Waals surface area contributed by atoms with E-state index in [1.165, 1.54) is 11.8 Å². The van der Waals surface area contributed by atoms with E-state index in [1.54, 1.807) is 29.8 Å². The summed E-state index contributed by atoms with van der Waals surface area (Å²) in [5, 5.41) is 4.12. The summed E-state index contributed by atoms with van der Waals surface area (Å²) in [4.78, 5) is 29.0. The van der Waals surface area contributed by atoms with Gasteiger partial charge >= 0.3 is 0 Å². The van der Waals surface area contributed by atoms with Gasteiger partial charge in [0, 0.05) is 19.4 Å². The highest BCUT2D eigenvalue weighted by atomic mass is 35.5. The minimum atomic E-state index is -0.466. The Balaban J connectivity index is 2.24. The summed E-state index contributed by atoms with van der Waals surface area (Å²) in [6.45, 7) is 1.98. The molecule has 1 aliphatic heterocycles. The third kappa shape index (κ3) is 2.94. The number of benzene rings is 1. The van der Waals surface area contributed by atoms with Crippen LogP contribution in [-0.4, -0.2) is 21.2 Å². The van der Waals surface area contributed by atoms with Crippen LogP contribution >= 0.6 is 35.0 Å².